The van der Waals surface area contributed by atoms with Crippen LogP contribution in [0.2, 0.25) is 0 Å². The summed E-state index contributed by atoms with van der Waals surface area (Å²) in [6.45, 7) is 1.71. The molecule has 0 saturated carbocycles. The van der Waals surface area contributed by atoms with E-state index in [9.17, 15) is 4.79 Å². The molecule has 2 aromatic rings. The number of pyridine rings is 1. The van der Waals surface area contributed by atoms with Crippen LogP contribution in [-0.2, 0) is 0 Å². The molecule has 17 heavy (non-hydrogen) atoms. The van der Waals surface area contributed by atoms with Crippen LogP contribution < -0.4 is 10.6 Å². The van der Waals surface area contributed by atoms with Gasteiger partial charge in [-0.25, -0.2) is 0 Å². The molecular weight excluding hydrogens is 214 g/mol. The average Bonchev–Trinajstić information content (AvgIpc) is 2.33. The third-order valence-electron chi connectivity index (χ3n) is 3.01. The SMILES string of the molecule is O=C(NC1CNC1)c1cccc2ncccc12. The second-order valence-electron chi connectivity index (χ2n) is 4.20. The van der Waals surface area contributed by atoms with Crippen molar-refractivity contribution in [1.82, 2.24) is 15.6 Å². The summed E-state index contributed by atoms with van der Waals surface area (Å²) in [6, 6.07) is 9.65. The van der Waals surface area contributed by atoms with Gasteiger partial charge in [-0.3, -0.25) is 9.78 Å². The molecule has 3 rings (SSSR count). The van der Waals surface area contributed by atoms with Gasteiger partial charge in [-0.2, -0.15) is 0 Å². The summed E-state index contributed by atoms with van der Waals surface area (Å²) in [5.74, 6) is -0.0184. The van der Waals surface area contributed by atoms with Crippen molar-refractivity contribution < 1.29 is 4.79 Å². The molecule has 1 amide bonds. The normalized spacial score (nSPS) is 15.5. The highest BCUT2D eigenvalue weighted by Crippen LogP contribution is 2.16. The fraction of sp³-hybridized carbons (Fsp3) is 0.231. The average molecular weight is 227 g/mol. The minimum absolute atomic E-state index is 0.0184. The second kappa shape index (κ2) is 4.14. The Morgan fingerprint density at radius 3 is 2.94 bits per heavy atom. The van der Waals surface area contributed by atoms with Crippen LogP contribution in [-0.4, -0.2) is 30.0 Å². The maximum atomic E-state index is 12.1. The van der Waals surface area contributed by atoms with Gasteiger partial charge in [0.05, 0.1) is 11.6 Å². The van der Waals surface area contributed by atoms with Gasteiger partial charge in [-0.15, -0.1) is 0 Å². The lowest BCUT2D eigenvalue weighted by molar-refractivity contribution is 0.0925. The molecule has 0 aliphatic carbocycles. The summed E-state index contributed by atoms with van der Waals surface area (Å²) in [7, 11) is 0. The van der Waals surface area contributed by atoms with Crippen molar-refractivity contribution >= 4 is 16.8 Å². The highest BCUT2D eigenvalue weighted by molar-refractivity contribution is 6.06. The van der Waals surface area contributed by atoms with Gasteiger partial charge in [0.15, 0.2) is 0 Å². The number of hydrogen-bond acceptors (Lipinski definition) is 3. The number of nitrogens with one attached hydrogen (secondary N) is 2. The molecule has 1 saturated heterocycles. The van der Waals surface area contributed by atoms with E-state index in [0.29, 0.717) is 5.56 Å². The predicted molar refractivity (Wildman–Crippen MR) is 65.9 cm³/mol. The topological polar surface area (TPSA) is 54.0 Å². The van der Waals surface area contributed by atoms with Crippen molar-refractivity contribution in [3.05, 3.63) is 42.1 Å². The van der Waals surface area contributed by atoms with E-state index in [1.54, 1.807) is 6.20 Å². The number of benzene rings is 1. The van der Waals surface area contributed by atoms with Gasteiger partial charge in [0.1, 0.15) is 0 Å². The van der Waals surface area contributed by atoms with Gasteiger partial charge in [0.2, 0.25) is 0 Å². The van der Waals surface area contributed by atoms with E-state index in [-0.39, 0.29) is 11.9 Å². The Morgan fingerprint density at radius 1 is 1.29 bits per heavy atom. The maximum Gasteiger partial charge on any atom is 0.252 e. The monoisotopic (exact) mass is 227 g/mol. The lowest BCUT2D eigenvalue weighted by Gasteiger charge is -2.28. The van der Waals surface area contributed by atoms with Gasteiger partial charge in [-0.1, -0.05) is 12.1 Å². The van der Waals surface area contributed by atoms with Gasteiger partial charge in [-0.05, 0) is 18.2 Å². The van der Waals surface area contributed by atoms with Crippen LogP contribution in [0.5, 0.6) is 0 Å². The van der Waals surface area contributed by atoms with E-state index in [2.05, 4.69) is 15.6 Å². The second-order valence-corrected chi connectivity index (χ2v) is 4.20. The third-order valence-corrected chi connectivity index (χ3v) is 3.01. The Bertz CT molecular complexity index is 558. The number of aromatic nitrogens is 1. The quantitative estimate of drug-likeness (QED) is 0.802. The lowest BCUT2D eigenvalue weighted by Crippen LogP contribution is -2.56. The highest BCUT2D eigenvalue weighted by atomic mass is 16.1. The summed E-state index contributed by atoms with van der Waals surface area (Å²) >= 11 is 0. The van der Waals surface area contributed by atoms with Crippen molar-refractivity contribution in [3.63, 3.8) is 0 Å². The fourth-order valence-electron chi connectivity index (χ4n) is 1.96. The van der Waals surface area contributed by atoms with E-state index >= 15 is 0 Å². The number of carbonyl (C=O) groups excluding carboxylic acids is 1. The predicted octanol–water partition coefficient (Wildman–Crippen LogP) is 0.936. The fourth-order valence-corrected chi connectivity index (χ4v) is 1.96. The molecule has 1 aliphatic heterocycles. The molecule has 86 valence electrons. The van der Waals surface area contributed by atoms with Crippen LogP contribution in [0.4, 0.5) is 0 Å². The molecule has 1 aromatic heterocycles. The molecule has 4 heteroatoms. The van der Waals surface area contributed by atoms with E-state index in [1.165, 1.54) is 0 Å². The standard InChI is InChI=1S/C13H13N3O/c17-13(16-9-7-14-8-9)11-3-1-5-12-10(11)4-2-6-15-12/h1-6,9,14H,7-8H2,(H,16,17). The third kappa shape index (κ3) is 1.87. The van der Waals surface area contributed by atoms with Crippen LogP contribution >= 0.6 is 0 Å². The van der Waals surface area contributed by atoms with Crippen molar-refractivity contribution in [2.45, 2.75) is 6.04 Å². The summed E-state index contributed by atoms with van der Waals surface area (Å²) in [4.78, 5) is 16.3. The smallest absolute Gasteiger partial charge is 0.252 e. The zero-order valence-corrected chi connectivity index (χ0v) is 9.31. The van der Waals surface area contributed by atoms with Gasteiger partial charge >= 0.3 is 0 Å². The van der Waals surface area contributed by atoms with E-state index in [1.807, 2.05) is 30.3 Å². The Balaban J connectivity index is 1.95. The molecule has 2 heterocycles. The Kier molecular flexibility index (Phi) is 2.49. The first kappa shape index (κ1) is 10.2. The van der Waals surface area contributed by atoms with Gasteiger partial charge in [0.25, 0.3) is 5.91 Å². The highest BCUT2D eigenvalue weighted by Gasteiger charge is 2.20. The van der Waals surface area contributed by atoms with Gasteiger partial charge in [0, 0.05) is 30.2 Å². The molecule has 0 atom stereocenters. The van der Waals surface area contributed by atoms with Crippen molar-refractivity contribution in [3.8, 4) is 0 Å². The molecule has 2 N–H and O–H groups in total. The number of nitrogens with zero attached hydrogens (tertiary/aromatic N) is 1. The number of amides is 1. The lowest BCUT2D eigenvalue weighted by atomic mass is 10.1. The minimum Gasteiger partial charge on any atom is -0.347 e. The van der Waals surface area contributed by atoms with Crippen LogP contribution in [0.3, 0.4) is 0 Å². The van der Waals surface area contributed by atoms with Crippen LogP contribution in [0, 0.1) is 0 Å². The zero-order chi connectivity index (χ0) is 11.7. The van der Waals surface area contributed by atoms with Crippen molar-refractivity contribution in [1.29, 1.82) is 0 Å². The molecule has 0 bridgehead atoms. The van der Waals surface area contributed by atoms with Crippen LogP contribution in [0.25, 0.3) is 10.9 Å². The largest absolute Gasteiger partial charge is 0.347 e. The Morgan fingerprint density at radius 2 is 2.18 bits per heavy atom. The Labute approximate surface area is 99.0 Å². The molecular formula is C13H13N3O. The number of rotatable bonds is 2. The van der Waals surface area contributed by atoms with Crippen LogP contribution in [0.1, 0.15) is 10.4 Å². The van der Waals surface area contributed by atoms with Crippen molar-refractivity contribution in [2.75, 3.05) is 13.1 Å². The first-order valence-electron chi connectivity index (χ1n) is 5.70. The summed E-state index contributed by atoms with van der Waals surface area (Å²) < 4.78 is 0. The van der Waals surface area contributed by atoms with E-state index < -0.39 is 0 Å². The summed E-state index contributed by atoms with van der Waals surface area (Å²) in [6.07, 6.45) is 1.74. The summed E-state index contributed by atoms with van der Waals surface area (Å²) in [5, 5.41) is 7.03. The van der Waals surface area contributed by atoms with Crippen molar-refractivity contribution in [2.24, 2.45) is 0 Å². The van der Waals surface area contributed by atoms with Crippen LogP contribution in [0.15, 0.2) is 36.5 Å². The molecule has 0 radical (unpaired) electrons. The first-order valence-corrected chi connectivity index (χ1v) is 5.70. The molecule has 1 aromatic carbocycles. The minimum atomic E-state index is -0.0184. The van der Waals surface area contributed by atoms with E-state index in [4.69, 9.17) is 0 Å². The Hall–Kier alpha value is -1.94. The molecule has 0 unspecified atom stereocenters. The number of carbonyl (C=O) groups is 1. The molecule has 0 spiro atoms. The van der Waals surface area contributed by atoms with E-state index in [0.717, 1.165) is 24.0 Å². The first-order chi connectivity index (χ1) is 8.34. The molecule has 1 fully saturated rings. The van der Waals surface area contributed by atoms with Gasteiger partial charge < -0.3 is 10.6 Å². The molecule has 1 aliphatic rings. The number of hydrogen-bond donors (Lipinski definition) is 2. The zero-order valence-electron chi connectivity index (χ0n) is 9.31. The summed E-state index contributed by atoms with van der Waals surface area (Å²) in [5.41, 5.74) is 1.55. The molecule has 4 nitrogen and oxygen atoms in total. The number of fused-ring (bicyclic) bond motifs is 1. The maximum absolute atomic E-state index is 12.1.